The van der Waals surface area contributed by atoms with Gasteiger partial charge in [-0.3, -0.25) is 9.59 Å². The Balaban J connectivity index is 1.79. The molecule has 1 aromatic carbocycles. The molecule has 0 unspecified atom stereocenters. The predicted molar refractivity (Wildman–Crippen MR) is 91.2 cm³/mol. The van der Waals surface area contributed by atoms with Gasteiger partial charge < -0.3 is 10.2 Å². The Morgan fingerprint density at radius 2 is 2.09 bits per heavy atom. The highest BCUT2D eigenvalue weighted by Crippen LogP contribution is 2.33. The minimum atomic E-state index is -0.304. The monoisotopic (exact) mass is 310 g/mol. The van der Waals surface area contributed by atoms with Crippen LogP contribution in [0.3, 0.4) is 0 Å². The standard InChI is InChI=1S/C19H22N2O2/c1-2-5-18(22)20-16-9-10-17-15(12-16)8-11-19(23)21(17)13-14-6-3-4-7-14/h9-10,12,14H,3-4,6-8,11,13H2,1H3,(H,20,22). The molecule has 0 spiro atoms. The zero-order valence-electron chi connectivity index (χ0n) is 13.5. The molecule has 120 valence electrons. The van der Waals surface area contributed by atoms with E-state index in [-0.39, 0.29) is 11.8 Å². The fourth-order valence-electron chi connectivity index (χ4n) is 3.56. The molecule has 1 aliphatic carbocycles. The van der Waals surface area contributed by atoms with E-state index in [2.05, 4.69) is 17.2 Å². The van der Waals surface area contributed by atoms with E-state index >= 15 is 0 Å². The number of anilines is 2. The van der Waals surface area contributed by atoms with Crippen LogP contribution in [0.25, 0.3) is 0 Å². The highest BCUT2D eigenvalue weighted by atomic mass is 16.2. The third-order valence-corrected chi connectivity index (χ3v) is 4.69. The van der Waals surface area contributed by atoms with Crippen LogP contribution < -0.4 is 10.2 Å². The average molecular weight is 310 g/mol. The number of nitrogens with zero attached hydrogens (tertiary/aromatic N) is 1. The summed E-state index contributed by atoms with van der Waals surface area (Å²) in [7, 11) is 0. The number of rotatable bonds is 3. The van der Waals surface area contributed by atoms with E-state index in [0.29, 0.717) is 12.3 Å². The summed E-state index contributed by atoms with van der Waals surface area (Å²) in [4.78, 5) is 25.9. The van der Waals surface area contributed by atoms with Crippen LogP contribution in [0, 0.1) is 17.8 Å². The van der Waals surface area contributed by atoms with Crippen molar-refractivity contribution in [2.45, 2.75) is 45.4 Å². The molecule has 1 aliphatic heterocycles. The molecule has 0 atom stereocenters. The largest absolute Gasteiger partial charge is 0.315 e. The number of benzene rings is 1. The molecule has 1 fully saturated rings. The Morgan fingerprint density at radius 1 is 1.30 bits per heavy atom. The van der Waals surface area contributed by atoms with Gasteiger partial charge in [-0.05, 0) is 61.8 Å². The number of amides is 2. The summed E-state index contributed by atoms with van der Waals surface area (Å²) in [6.45, 7) is 2.47. The Hall–Kier alpha value is -2.28. The van der Waals surface area contributed by atoms with E-state index in [9.17, 15) is 9.59 Å². The first-order valence-corrected chi connectivity index (χ1v) is 8.34. The average Bonchev–Trinajstić information content (AvgIpc) is 3.03. The molecule has 4 heteroatoms. The number of carbonyl (C=O) groups excluding carboxylic acids is 2. The molecule has 1 saturated carbocycles. The molecule has 4 nitrogen and oxygen atoms in total. The number of carbonyl (C=O) groups is 2. The topological polar surface area (TPSA) is 49.4 Å². The van der Waals surface area contributed by atoms with Gasteiger partial charge in [0.05, 0.1) is 0 Å². The van der Waals surface area contributed by atoms with Gasteiger partial charge in [-0.15, -0.1) is 0 Å². The lowest BCUT2D eigenvalue weighted by Crippen LogP contribution is -2.38. The van der Waals surface area contributed by atoms with Gasteiger partial charge in [-0.25, -0.2) is 0 Å². The van der Waals surface area contributed by atoms with E-state index in [0.717, 1.165) is 29.9 Å². The molecule has 3 rings (SSSR count). The van der Waals surface area contributed by atoms with Crippen LogP contribution in [-0.2, 0) is 16.0 Å². The van der Waals surface area contributed by atoms with Crippen LogP contribution in [0.1, 0.15) is 44.6 Å². The van der Waals surface area contributed by atoms with E-state index in [1.54, 1.807) is 6.92 Å². The number of nitrogens with one attached hydrogen (secondary N) is 1. The maximum absolute atomic E-state index is 12.3. The van der Waals surface area contributed by atoms with Gasteiger partial charge >= 0.3 is 0 Å². The molecule has 1 N–H and O–H groups in total. The molecule has 1 aromatic rings. The molecule has 2 amide bonds. The predicted octanol–water partition coefficient (Wildman–Crippen LogP) is 3.12. The van der Waals surface area contributed by atoms with Gasteiger partial charge in [0, 0.05) is 24.3 Å². The maximum Gasteiger partial charge on any atom is 0.300 e. The van der Waals surface area contributed by atoms with Crippen molar-refractivity contribution < 1.29 is 9.59 Å². The zero-order valence-corrected chi connectivity index (χ0v) is 13.5. The number of hydrogen-bond acceptors (Lipinski definition) is 2. The Labute approximate surface area is 137 Å². The lowest BCUT2D eigenvalue weighted by molar-refractivity contribution is -0.119. The SMILES string of the molecule is CC#CC(=O)Nc1ccc2c(c1)CCC(=O)N2CC1CCCC1. The summed E-state index contributed by atoms with van der Waals surface area (Å²) < 4.78 is 0. The quantitative estimate of drug-likeness (QED) is 0.872. The molecule has 0 aromatic heterocycles. The summed E-state index contributed by atoms with van der Waals surface area (Å²) in [5, 5.41) is 2.78. The van der Waals surface area contributed by atoms with Gasteiger partial charge in [0.2, 0.25) is 5.91 Å². The third-order valence-electron chi connectivity index (χ3n) is 4.69. The highest BCUT2D eigenvalue weighted by Gasteiger charge is 2.27. The molecule has 0 bridgehead atoms. The first-order chi connectivity index (χ1) is 11.2. The fraction of sp³-hybridized carbons (Fsp3) is 0.474. The maximum atomic E-state index is 12.3. The fourth-order valence-corrected chi connectivity index (χ4v) is 3.56. The first-order valence-electron chi connectivity index (χ1n) is 8.34. The summed E-state index contributed by atoms with van der Waals surface area (Å²) in [6.07, 6.45) is 6.29. The van der Waals surface area contributed by atoms with Crippen molar-refractivity contribution in [3.05, 3.63) is 23.8 Å². The van der Waals surface area contributed by atoms with Crippen molar-refractivity contribution in [1.82, 2.24) is 0 Å². The van der Waals surface area contributed by atoms with Crippen molar-refractivity contribution in [1.29, 1.82) is 0 Å². The second-order valence-electron chi connectivity index (χ2n) is 6.33. The molecular weight excluding hydrogens is 288 g/mol. The Bertz CT molecular complexity index is 678. The van der Waals surface area contributed by atoms with E-state index in [1.165, 1.54) is 25.7 Å². The summed E-state index contributed by atoms with van der Waals surface area (Å²) in [5.41, 5.74) is 2.88. The number of fused-ring (bicyclic) bond motifs is 1. The molecule has 0 saturated heterocycles. The normalized spacial score (nSPS) is 17.4. The second kappa shape index (κ2) is 6.87. The van der Waals surface area contributed by atoms with Crippen molar-refractivity contribution >= 4 is 23.2 Å². The summed E-state index contributed by atoms with van der Waals surface area (Å²) >= 11 is 0. The van der Waals surface area contributed by atoms with Gasteiger partial charge in [-0.1, -0.05) is 18.8 Å². The highest BCUT2D eigenvalue weighted by molar-refractivity contribution is 6.04. The second-order valence-corrected chi connectivity index (χ2v) is 6.33. The number of hydrogen-bond donors (Lipinski definition) is 1. The van der Waals surface area contributed by atoms with Gasteiger partial charge in [0.1, 0.15) is 0 Å². The van der Waals surface area contributed by atoms with Crippen molar-refractivity contribution in [3.63, 3.8) is 0 Å². The van der Waals surface area contributed by atoms with Gasteiger partial charge in [0.15, 0.2) is 0 Å². The Kier molecular flexibility index (Phi) is 4.66. The molecule has 2 aliphatic rings. The third kappa shape index (κ3) is 3.56. The van der Waals surface area contributed by atoms with Crippen LogP contribution in [0.2, 0.25) is 0 Å². The van der Waals surface area contributed by atoms with E-state index in [1.807, 2.05) is 23.1 Å². The number of aryl methyl sites for hydroxylation is 1. The lowest BCUT2D eigenvalue weighted by Gasteiger charge is -2.31. The van der Waals surface area contributed by atoms with Crippen molar-refractivity contribution in [2.75, 3.05) is 16.8 Å². The van der Waals surface area contributed by atoms with E-state index < -0.39 is 0 Å². The molecule has 23 heavy (non-hydrogen) atoms. The summed E-state index contributed by atoms with van der Waals surface area (Å²) in [6, 6.07) is 5.78. The van der Waals surface area contributed by atoms with Crippen LogP contribution in [0.15, 0.2) is 18.2 Å². The van der Waals surface area contributed by atoms with Crippen molar-refractivity contribution in [2.24, 2.45) is 5.92 Å². The van der Waals surface area contributed by atoms with Gasteiger partial charge in [0.25, 0.3) is 5.91 Å². The first kappa shape index (κ1) is 15.6. The van der Waals surface area contributed by atoms with Crippen LogP contribution >= 0.6 is 0 Å². The van der Waals surface area contributed by atoms with E-state index in [4.69, 9.17) is 0 Å². The van der Waals surface area contributed by atoms with Gasteiger partial charge in [-0.2, -0.15) is 0 Å². The molecule has 1 heterocycles. The minimum Gasteiger partial charge on any atom is -0.315 e. The summed E-state index contributed by atoms with van der Waals surface area (Å²) in [5.74, 6) is 5.61. The zero-order chi connectivity index (χ0) is 16.2. The van der Waals surface area contributed by atoms with Crippen LogP contribution in [0.5, 0.6) is 0 Å². The minimum absolute atomic E-state index is 0.220. The molecular formula is C19H22N2O2. The lowest BCUT2D eigenvalue weighted by atomic mass is 9.98. The molecule has 0 radical (unpaired) electrons. The van der Waals surface area contributed by atoms with Crippen LogP contribution in [-0.4, -0.2) is 18.4 Å². The van der Waals surface area contributed by atoms with Crippen LogP contribution in [0.4, 0.5) is 11.4 Å². The Morgan fingerprint density at radius 3 is 2.83 bits per heavy atom. The van der Waals surface area contributed by atoms with Crippen molar-refractivity contribution in [3.8, 4) is 11.8 Å². The smallest absolute Gasteiger partial charge is 0.300 e.